The minimum atomic E-state index is 0.638. The summed E-state index contributed by atoms with van der Waals surface area (Å²) in [5.41, 5.74) is 7.63. The van der Waals surface area contributed by atoms with Crippen molar-refractivity contribution in [2.75, 3.05) is 27.2 Å². The maximum Gasteiger partial charge on any atom is 0.122 e. The summed E-state index contributed by atoms with van der Waals surface area (Å²) >= 11 is 0. The Hall–Kier alpha value is -1.80. The van der Waals surface area contributed by atoms with E-state index in [1.54, 1.807) is 18.2 Å². The molecule has 0 radical (unpaired) electrons. The number of benzene rings is 2. The van der Waals surface area contributed by atoms with Gasteiger partial charge in [0.25, 0.3) is 0 Å². The molecular weight excluding hydrogens is 318 g/mol. The molecule has 0 aromatic heterocycles. The van der Waals surface area contributed by atoms with Crippen LogP contribution in [0.5, 0.6) is 5.75 Å². The number of methoxy groups -OCH3 is 1. The Kier molecular flexibility index (Phi) is 5.31. The van der Waals surface area contributed by atoms with E-state index in [0.717, 1.165) is 31.7 Å². The molecule has 138 valence electrons. The Bertz CT molecular complexity index is 767. The molecule has 4 rings (SSSR count). The fourth-order valence-corrected chi connectivity index (χ4v) is 4.86. The maximum absolute atomic E-state index is 5.59. The van der Waals surface area contributed by atoms with Crippen molar-refractivity contribution in [1.82, 2.24) is 4.90 Å². The minimum absolute atomic E-state index is 0.638. The van der Waals surface area contributed by atoms with Crippen LogP contribution in [0.4, 0.5) is 0 Å². The first-order valence-corrected chi connectivity index (χ1v) is 10.2. The van der Waals surface area contributed by atoms with E-state index in [1.807, 2.05) is 0 Å². The average Bonchev–Trinajstić information content (AvgIpc) is 3.14. The van der Waals surface area contributed by atoms with Crippen LogP contribution >= 0.6 is 0 Å². The van der Waals surface area contributed by atoms with Crippen LogP contribution < -0.4 is 4.74 Å². The summed E-state index contributed by atoms with van der Waals surface area (Å²) in [7, 11) is 4.07. The fourth-order valence-electron chi connectivity index (χ4n) is 4.86. The summed E-state index contributed by atoms with van der Waals surface area (Å²) in [4.78, 5) is 2.52. The lowest BCUT2D eigenvalue weighted by Crippen LogP contribution is -2.28. The van der Waals surface area contributed by atoms with E-state index >= 15 is 0 Å². The third-order valence-electron chi connectivity index (χ3n) is 6.29. The Morgan fingerprint density at radius 3 is 2.81 bits per heavy atom. The molecule has 0 fully saturated rings. The van der Waals surface area contributed by atoms with Crippen LogP contribution in [-0.4, -0.2) is 32.1 Å². The van der Waals surface area contributed by atoms with Crippen molar-refractivity contribution in [3.05, 3.63) is 64.2 Å². The number of rotatable bonds is 6. The first-order chi connectivity index (χ1) is 12.7. The lowest BCUT2D eigenvalue weighted by Gasteiger charge is -2.30. The molecule has 0 bridgehead atoms. The van der Waals surface area contributed by atoms with E-state index in [9.17, 15) is 0 Å². The molecule has 2 heteroatoms. The van der Waals surface area contributed by atoms with Crippen molar-refractivity contribution < 1.29 is 4.74 Å². The second kappa shape index (κ2) is 7.84. The van der Waals surface area contributed by atoms with Crippen molar-refractivity contribution in [2.45, 2.75) is 50.9 Å². The molecule has 0 saturated heterocycles. The molecule has 0 N–H and O–H groups in total. The van der Waals surface area contributed by atoms with Crippen molar-refractivity contribution in [2.24, 2.45) is 0 Å². The maximum atomic E-state index is 5.59. The van der Waals surface area contributed by atoms with Gasteiger partial charge in [-0.15, -0.1) is 0 Å². The van der Waals surface area contributed by atoms with Crippen LogP contribution in [0.1, 0.15) is 53.0 Å². The van der Waals surface area contributed by atoms with Gasteiger partial charge in [0.05, 0.1) is 7.11 Å². The van der Waals surface area contributed by atoms with Gasteiger partial charge in [-0.1, -0.05) is 30.3 Å². The molecule has 1 atom stereocenters. The van der Waals surface area contributed by atoms with Gasteiger partial charge in [-0.3, -0.25) is 0 Å². The Morgan fingerprint density at radius 1 is 1.04 bits per heavy atom. The zero-order valence-corrected chi connectivity index (χ0v) is 16.3. The predicted octanol–water partition coefficient (Wildman–Crippen LogP) is 4.78. The molecule has 2 aliphatic carbocycles. The number of hydrogen-bond donors (Lipinski definition) is 0. The largest absolute Gasteiger partial charge is 0.496 e. The molecule has 2 aliphatic rings. The van der Waals surface area contributed by atoms with Crippen LogP contribution in [0, 0.1) is 0 Å². The highest BCUT2D eigenvalue weighted by Gasteiger charge is 2.23. The quantitative estimate of drug-likeness (QED) is 0.744. The number of nitrogens with zero attached hydrogens (tertiary/aromatic N) is 1. The third-order valence-corrected chi connectivity index (χ3v) is 6.29. The van der Waals surface area contributed by atoms with Crippen LogP contribution in [0.15, 0.2) is 36.4 Å². The summed E-state index contributed by atoms with van der Waals surface area (Å²) < 4.78 is 5.59. The second-order valence-electron chi connectivity index (χ2n) is 8.09. The zero-order valence-electron chi connectivity index (χ0n) is 16.3. The van der Waals surface area contributed by atoms with E-state index in [4.69, 9.17) is 4.74 Å². The van der Waals surface area contributed by atoms with Crippen molar-refractivity contribution in [3.63, 3.8) is 0 Å². The topological polar surface area (TPSA) is 12.5 Å². The van der Waals surface area contributed by atoms with Gasteiger partial charge in [0.1, 0.15) is 5.75 Å². The predicted molar refractivity (Wildman–Crippen MR) is 108 cm³/mol. The molecule has 2 aromatic carbocycles. The lowest BCUT2D eigenvalue weighted by atomic mass is 9.82. The monoisotopic (exact) mass is 349 g/mol. The molecule has 0 saturated carbocycles. The van der Waals surface area contributed by atoms with Crippen LogP contribution in [0.3, 0.4) is 0 Å². The fraction of sp³-hybridized carbons (Fsp3) is 0.500. The summed E-state index contributed by atoms with van der Waals surface area (Å²) in [5, 5.41) is 0. The molecule has 2 aromatic rings. The number of likely N-dealkylation sites (N-methyl/N-ethyl adjacent to an activating group) is 1. The van der Waals surface area contributed by atoms with Crippen molar-refractivity contribution in [1.29, 1.82) is 0 Å². The van der Waals surface area contributed by atoms with Gasteiger partial charge in [0.2, 0.25) is 0 Å². The summed E-state index contributed by atoms with van der Waals surface area (Å²) in [6.07, 6.45) is 8.78. The van der Waals surface area contributed by atoms with Crippen LogP contribution in [0.2, 0.25) is 0 Å². The van der Waals surface area contributed by atoms with E-state index in [0.29, 0.717) is 5.92 Å². The van der Waals surface area contributed by atoms with E-state index in [-0.39, 0.29) is 0 Å². The van der Waals surface area contributed by atoms with E-state index in [2.05, 4.69) is 48.3 Å². The molecule has 0 heterocycles. The molecule has 0 spiro atoms. The number of ether oxygens (including phenoxy) is 1. The third kappa shape index (κ3) is 3.66. The summed E-state index contributed by atoms with van der Waals surface area (Å²) in [6, 6.07) is 13.7. The molecule has 1 unspecified atom stereocenters. The van der Waals surface area contributed by atoms with Crippen molar-refractivity contribution in [3.8, 4) is 5.75 Å². The summed E-state index contributed by atoms with van der Waals surface area (Å²) in [6.45, 7) is 2.28. The number of hydrogen-bond acceptors (Lipinski definition) is 2. The highest BCUT2D eigenvalue weighted by atomic mass is 16.5. The van der Waals surface area contributed by atoms with Gasteiger partial charge in [-0.2, -0.15) is 0 Å². The standard InChI is InChI=1S/C24H31NO/c1-25(15-14-18-12-13-19-6-3-7-20(19)16-18)17-21-8-4-10-23-22(21)9-5-11-24(23)26-2/h5,9,11-13,16,21H,3-4,6-8,10,14-15,17H2,1-2H3. The molecule has 0 amide bonds. The van der Waals surface area contributed by atoms with Crippen LogP contribution in [-0.2, 0) is 25.7 Å². The highest BCUT2D eigenvalue weighted by molar-refractivity contribution is 5.43. The number of fused-ring (bicyclic) bond motifs is 2. The molecule has 26 heavy (non-hydrogen) atoms. The summed E-state index contributed by atoms with van der Waals surface area (Å²) in [5.74, 6) is 1.71. The Morgan fingerprint density at radius 2 is 1.92 bits per heavy atom. The minimum Gasteiger partial charge on any atom is -0.496 e. The number of aryl methyl sites for hydroxylation is 2. The average molecular weight is 350 g/mol. The first-order valence-electron chi connectivity index (χ1n) is 10.2. The SMILES string of the molecule is COc1cccc2c1CCCC2CN(C)CCc1ccc2c(c1)CCC2. The first kappa shape index (κ1) is 17.6. The van der Waals surface area contributed by atoms with Crippen LogP contribution in [0.25, 0.3) is 0 Å². The smallest absolute Gasteiger partial charge is 0.122 e. The van der Waals surface area contributed by atoms with Gasteiger partial charge in [0, 0.05) is 13.1 Å². The Labute approximate surface area is 158 Å². The van der Waals surface area contributed by atoms with Crippen molar-refractivity contribution >= 4 is 0 Å². The zero-order chi connectivity index (χ0) is 17.9. The van der Waals surface area contributed by atoms with E-state index in [1.165, 1.54) is 48.8 Å². The molecule has 0 aliphatic heterocycles. The van der Waals surface area contributed by atoms with E-state index < -0.39 is 0 Å². The highest BCUT2D eigenvalue weighted by Crippen LogP contribution is 2.36. The van der Waals surface area contributed by atoms with Gasteiger partial charge in [-0.25, -0.2) is 0 Å². The lowest BCUT2D eigenvalue weighted by molar-refractivity contribution is 0.299. The van der Waals surface area contributed by atoms with Gasteiger partial charge < -0.3 is 9.64 Å². The van der Waals surface area contributed by atoms with Gasteiger partial charge in [-0.05, 0) is 91.8 Å². The molecular formula is C24H31NO. The van der Waals surface area contributed by atoms with Gasteiger partial charge >= 0.3 is 0 Å². The second-order valence-corrected chi connectivity index (χ2v) is 8.09. The Balaban J connectivity index is 1.38. The van der Waals surface area contributed by atoms with Gasteiger partial charge in [0.15, 0.2) is 0 Å². The normalized spacial score (nSPS) is 18.7. The molecule has 2 nitrogen and oxygen atoms in total.